The summed E-state index contributed by atoms with van der Waals surface area (Å²) in [7, 11) is 0. The first-order valence-electron chi connectivity index (χ1n) is 6.74. The van der Waals surface area contributed by atoms with Gasteiger partial charge in [0.15, 0.2) is 5.82 Å². The number of ether oxygens (including phenoxy) is 1. The number of aromatic nitrogens is 2. The fourth-order valence-electron chi connectivity index (χ4n) is 1.66. The molecule has 1 unspecified atom stereocenters. The third-order valence-electron chi connectivity index (χ3n) is 3.80. The molecule has 1 heterocycles. The lowest BCUT2D eigenvalue weighted by Gasteiger charge is -2.26. The van der Waals surface area contributed by atoms with Crippen LogP contribution in [0.15, 0.2) is 4.52 Å². The van der Waals surface area contributed by atoms with Crippen molar-refractivity contribution in [3.63, 3.8) is 0 Å². The van der Waals surface area contributed by atoms with E-state index in [0.29, 0.717) is 24.4 Å². The Labute approximate surface area is 108 Å². The van der Waals surface area contributed by atoms with Crippen LogP contribution in [-0.4, -0.2) is 22.9 Å². The molecule has 0 spiro atoms. The van der Waals surface area contributed by atoms with Gasteiger partial charge in [-0.15, -0.1) is 0 Å². The number of nitrogens with zero attached hydrogens (tertiary/aromatic N) is 2. The summed E-state index contributed by atoms with van der Waals surface area (Å²) in [6, 6.07) is -0.296. The molecule has 5 heteroatoms. The summed E-state index contributed by atoms with van der Waals surface area (Å²) in [5.41, 5.74) is 5.91. The van der Waals surface area contributed by atoms with E-state index in [2.05, 4.69) is 30.9 Å². The van der Waals surface area contributed by atoms with Crippen LogP contribution in [0.2, 0.25) is 0 Å². The van der Waals surface area contributed by atoms with Gasteiger partial charge in [0.05, 0.1) is 18.8 Å². The number of nitrogens with two attached hydrogens (primary N) is 1. The molecule has 0 radical (unpaired) electrons. The van der Waals surface area contributed by atoms with Crippen molar-refractivity contribution in [3.05, 3.63) is 11.7 Å². The van der Waals surface area contributed by atoms with Crippen LogP contribution >= 0.6 is 0 Å². The lowest BCUT2D eigenvalue weighted by molar-refractivity contribution is -0.00549. The lowest BCUT2D eigenvalue weighted by Crippen LogP contribution is -2.27. The maximum atomic E-state index is 6.01. The van der Waals surface area contributed by atoms with Gasteiger partial charge in [-0.2, -0.15) is 4.98 Å². The van der Waals surface area contributed by atoms with Crippen LogP contribution in [0.3, 0.4) is 0 Å². The van der Waals surface area contributed by atoms with Crippen LogP contribution in [0.1, 0.15) is 64.2 Å². The molecule has 102 valence electrons. The molecular weight excluding hydrogens is 230 g/mol. The highest BCUT2D eigenvalue weighted by molar-refractivity contribution is 5.02. The molecule has 5 nitrogen and oxygen atoms in total. The van der Waals surface area contributed by atoms with E-state index in [4.69, 9.17) is 15.0 Å². The summed E-state index contributed by atoms with van der Waals surface area (Å²) in [5.74, 6) is 1.20. The Hall–Kier alpha value is -0.940. The number of hydrogen-bond acceptors (Lipinski definition) is 5. The second-order valence-corrected chi connectivity index (χ2v) is 5.69. The molecule has 0 amide bonds. The highest BCUT2D eigenvalue weighted by atomic mass is 16.5. The van der Waals surface area contributed by atoms with Crippen molar-refractivity contribution in [2.45, 2.75) is 64.0 Å². The first kappa shape index (κ1) is 13.5. The Morgan fingerprint density at radius 1 is 1.50 bits per heavy atom. The maximum absolute atomic E-state index is 6.01. The molecule has 1 aliphatic rings. The van der Waals surface area contributed by atoms with Gasteiger partial charge in [-0.3, -0.25) is 0 Å². The minimum atomic E-state index is -0.296. The summed E-state index contributed by atoms with van der Waals surface area (Å²) in [6.45, 7) is 6.74. The zero-order chi connectivity index (χ0) is 13.2. The monoisotopic (exact) mass is 253 g/mol. The molecule has 0 aliphatic heterocycles. The summed E-state index contributed by atoms with van der Waals surface area (Å²) >= 11 is 0. The normalized spacial score (nSPS) is 18.7. The summed E-state index contributed by atoms with van der Waals surface area (Å²) in [6.07, 6.45) is 4.88. The van der Waals surface area contributed by atoms with E-state index in [1.165, 1.54) is 6.42 Å². The highest BCUT2D eigenvalue weighted by Crippen LogP contribution is 2.26. The molecule has 1 saturated carbocycles. The summed E-state index contributed by atoms with van der Waals surface area (Å²) in [4.78, 5) is 4.39. The standard InChI is InChI=1S/C13H23N3O2/c1-4-13(2,3)12-15-11(16-18-12)10(14)8-17-9-6-5-7-9/h9-10H,4-8,14H2,1-3H3. The molecule has 18 heavy (non-hydrogen) atoms. The molecule has 1 fully saturated rings. The second-order valence-electron chi connectivity index (χ2n) is 5.69. The molecule has 2 N–H and O–H groups in total. The molecule has 0 saturated heterocycles. The van der Waals surface area contributed by atoms with Gasteiger partial charge >= 0.3 is 0 Å². The van der Waals surface area contributed by atoms with Crippen molar-refractivity contribution in [1.82, 2.24) is 10.1 Å². The van der Waals surface area contributed by atoms with Crippen LogP contribution < -0.4 is 5.73 Å². The average Bonchev–Trinajstić information content (AvgIpc) is 2.76. The van der Waals surface area contributed by atoms with Crippen molar-refractivity contribution >= 4 is 0 Å². The topological polar surface area (TPSA) is 74.2 Å². The largest absolute Gasteiger partial charge is 0.376 e. The molecule has 2 rings (SSSR count). The summed E-state index contributed by atoms with van der Waals surface area (Å²) < 4.78 is 11.0. The van der Waals surface area contributed by atoms with Crippen molar-refractivity contribution < 1.29 is 9.26 Å². The quantitative estimate of drug-likeness (QED) is 0.842. The van der Waals surface area contributed by atoms with Crippen molar-refractivity contribution in [2.75, 3.05) is 6.61 Å². The van der Waals surface area contributed by atoms with E-state index in [1.54, 1.807) is 0 Å². The number of rotatable bonds is 6. The Morgan fingerprint density at radius 3 is 2.78 bits per heavy atom. The molecule has 1 aromatic heterocycles. The molecular formula is C13H23N3O2. The Morgan fingerprint density at radius 2 is 2.22 bits per heavy atom. The van der Waals surface area contributed by atoms with E-state index in [-0.39, 0.29) is 11.5 Å². The van der Waals surface area contributed by atoms with Gasteiger partial charge in [0.1, 0.15) is 0 Å². The van der Waals surface area contributed by atoms with Gasteiger partial charge in [0, 0.05) is 5.41 Å². The van der Waals surface area contributed by atoms with Crippen LogP contribution in [0.25, 0.3) is 0 Å². The van der Waals surface area contributed by atoms with Gasteiger partial charge in [-0.25, -0.2) is 0 Å². The fourth-order valence-corrected chi connectivity index (χ4v) is 1.66. The molecule has 1 aromatic rings. The van der Waals surface area contributed by atoms with E-state index >= 15 is 0 Å². The van der Waals surface area contributed by atoms with Crippen molar-refractivity contribution in [3.8, 4) is 0 Å². The zero-order valence-electron chi connectivity index (χ0n) is 11.5. The zero-order valence-corrected chi connectivity index (χ0v) is 11.5. The van der Waals surface area contributed by atoms with Crippen LogP contribution in [0, 0.1) is 0 Å². The Bertz CT molecular complexity index is 385. The van der Waals surface area contributed by atoms with Gasteiger partial charge in [0.25, 0.3) is 0 Å². The van der Waals surface area contributed by atoms with Gasteiger partial charge in [-0.1, -0.05) is 25.9 Å². The van der Waals surface area contributed by atoms with Crippen LogP contribution in [0.5, 0.6) is 0 Å². The summed E-state index contributed by atoms with van der Waals surface area (Å²) in [5, 5.41) is 3.96. The second kappa shape index (κ2) is 5.36. The third-order valence-corrected chi connectivity index (χ3v) is 3.80. The van der Waals surface area contributed by atoms with Crippen LogP contribution in [0.4, 0.5) is 0 Å². The maximum Gasteiger partial charge on any atom is 0.232 e. The highest BCUT2D eigenvalue weighted by Gasteiger charge is 2.27. The minimum absolute atomic E-state index is 0.0974. The first-order valence-corrected chi connectivity index (χ1v) is 6.74. The Balaban J connectivity index is 1.91. The van der Waals surface area contributed by atoms with Crippen molar-refractivity contribution in [2.24, 2.45) is 5.73 Å². The minimum Gasteiger partial charge on any atom is -0.376 e. The number of hydrogen-bond donors (Lipinski definition) is 1. The molecule has 0 aromatic carbocycles. The van der Waals surface area contributed by atoms with E-state index in [9.17, 15) is 0 Å². The van der Waals surface area contributed by atoms with Gasteiger partial charge in [0.2, 0.25) is 5.89 Å². The average molecular weight is 253 g/mol. The van der Waals surface area contributed by atoms with E-state index in [1.807, 2.05) is 0 Å². The predicted molar refractivity (Wildman–Crippen MR) is 68.1 cm³/mol. The predicted octanol–water partition coefficient (Wildman–Crippen LogP) is 2.33. The van der Waals surface area contributed by atoms with Crippen molar-refractivity contribution in [1.29, 1.82) is 0 Å². The van der Waals surface area contributed by atoms with Gasteiger partial charge in [-0.05, 0) is 25.7 Å². The van der Waals surface area contributed by atoms with E-state index < -0.39 is 0 Å². The molecule has 1 aliphatic carbocycles. The third kappa shape index (κ3) is 2.90. The fraction of sp³-hybridized carbons (Fsp3) is 0.846. The first-order chi connectivity index (χ1) is 8.53. The smallest absolute Gasteiger partial charge is 0.232 e. The lowest BCUT2D eigenvalue weighted by atomic mass is 9.90. The molecule has 1 atom stereocenters. The van der Waals surface area contributed by atoms with E-state index in [0.717, 1.165) is 19.3 Å². The Kier molecular flexibility index (Phi) is 4.02. The van der Waals surface area contributed by atoms with Gasteiger partial charge < -0.3 is 15.0 Å². The molecule has 0 bridgehead atoms. The SMILES string of the molecule is CCC(C)(C)c1nc(C(N)COC2CCC2)no1. The van der Waals surface area contributed by atoms with Crippen LogP contribution in [-0.2, 0) is 10.2 Å².